The number of carbonyl (C=O) groups is 1. The minimum Gasteiger partial charge on any atom is -0.497 e. The first-order chi connectivity index (χ1) is 13.6. The van der Waals surface area contributed by atoms with Gasteiger partial charge in [-0.05, 0) is 40.8 Å². The van der Waals surface area contributed by atoms with E-state index in [9.17, 15) is 9.59 Å². The molecular weight excluding hydrogens is 382 g/mol. The number of aryl methyl sites for hydroxylation is 1. The average Bonchev–Trinajstić information content (AvgIpc) is 3.12. The number of hydrogen-bond donors (Lipinski definition) is 1. The zero-order valence-corrected chi connectivity index (χ0v) is 16.2. The van der Waals surface area contributed by atoms with Crippen LogP contribution in [-0.2, 0) is 18.4 Å². The molecule has 0 radical (unpaired) electrons. The van der Waals surface area contributed by atoms with Gasteiger partial charge in [0, 0.05) is 25.2 Å². The van der Waals surface area contributed by atoms with Crippen LogP contribution < -0.4 is 15.6 Å². The van der Waals surface area contributed by atoms with Gasteiger partial charge in [0.05, 0.1) is 25.1 Å². The third-order valence-electron chi connectivity index (χ3n) is 3.81. The Morgan fingerprint density at radius 3 is 2.68 bits per heavy atom. The lowest BCUT2D eigenvalue weighted by Gasteiger charge is -2.09. The van der Waals surface area contributed by atoms with E-state index in [0.717, 1.165) is 11.3 Å². The summed E-state index contributed by atoms with van der Waals surface area (Å²) in [5.74, 6) is 0.754. The van der Waals surface area contributed by atoms with Crippen molar-refractivity contribution >= 4 is 17.7 Å². The first-order valence-electron chi connectivity index (χ1n) is 8.41. The van der Waals surface area contributed by atoms with E-state index in [4.69, 9.17) is 4.74 Å². The molecule has 0 atom stereocenters. The lowest BCUT2D eigenvalue weighted by molar-refractivity contribution is -0.118. The van der Waals surface area contributed by atoms with Crippen LogP contribution in [0.3, 0.4) is 0 Å². The van der Waals surface area contributed by atoms with Crippen molar-refractivity contribution in [3.05, 3.63) is 46.8 Å². The number of rotatable bonds is 8. The monoisotopic (exact) mass is 401 g/mol. The molecule has 0 spiro atoms. The Bertz CT molecular complexity index is 1000. The largest absolute Gasteiger partial charge is 0.497 e. The molecule has 0 saturated heterocycles. The Labute approximate surface area is 164 Å². The molecule has 0 aliphatic carbocycles. The Kier molecular flexibility index (Phi) is 6.37. The molecule has 1 amide bonds. The van der Waals surface area contributed by atoms with Crippen molar-refractivity contribution in [2.75, 3.05) is 19.4 Å². The number of thioether (sulfide) groups is 1. The van der Waals surface area contributed by atoms with Gasteiger partial charge in [0.1, 0.15) is 5.75 Å². The van der Waals surface area contributed by atoms with Gasteiger partial charge in [-0.3, -0.25) is 9.59 Å². The lowest BCUT2D eigenvalue weighted by atomic mass is 10.1. The van der Waals surface area contributed by atoms with Crippen LogP contribution in [0.2, 0.25) is 0 Å². The van der Waals surface area contributed by atoms with Gasteiger partial charge in [-0.15, -0.1) is 5.10 Å². The van der Waals surface area contributed by atoms with Crippen LogP contribution in [0.1, 0.15) is 0 Å². The van der Waals surface area contributed by atoms with Crippen LogP contribution in [-0.4, -0.2) is 55.3 Å². The molecule has 1 N–H and O–H groups in total. The van der Waals surface area contributed by atoms with Gasteiger partial charge < -0.3 is 10.1 Å². The van der Waals surface area contributed by atoms with Crippen molar-refractivity contribution in [3.8, 4) is 17.0 Å². The zero-order valence-electron chi connectivity index (χ0n) is 15.4. The fourth-order valence-electron chi connectivity index (χ4n) is 2.35. The smallest absolute Gasteiger partial charge is 0.266 e. The van der Waals surface area contributed by atoms with E-state index >= 15 is 0 Å². The summed E-state index contributed by atoms with van der Waals surface area (Å²) in [5, 5.41) is 18.7. The molecule has 0 aliphatic rings. The minimum atomic E-state index is -0.231. The second kappa shape index (κ2) is 9.13. The highest BCUT2D eigenvalue weighted by atomic mass is 32.2. The molecule has 2 aromatic heterocycles. The summed E-state index contributed by atoms with van der Waals surface area (Å²) >= 11 is 1.23. The van der Waals surface area contributed by atoms with Crippen molar-refractivity contribution < 1.29 is 9.53 Å². The van der Waals surface area contributed by atoms with Crippen LogP contribution in [0.4, 0.5) is 0 Å². The first-order valence-corrected chi connectivity index (χ1v) is 9.40. The van der Waals surface area contributed by atoms with Crippen molar-refractivity contribution in [2.24, 2.45) is 7.05 Å². The standard InChI is InChI=1S/C17H19N7O3S/c1-23-17(19-21-22-23)28-11-15(25)18-9-10-24-16(26)8-7-14(20-24)12-3-5-13(27-2)6-4-12/h3-8H,9-11H2,1-2H3,(H,18,25). The highest BCUT2D eigenvalue weighted by molar-refractivity contribution is 7.99. The summed E-state index contributed by atoms with van der Waals surface area (Å²) < 4.78 is 7.97. The number of carbonyl (C=O) groups excluding carboxylic acids is 1. The quantitative estimate of drug-likeness (QED) is 0.538. The molecule has 3 aromatic rings. The second-order valence-electron chi connectivity index (χ2n) is 5.73. The third-order valence-corrected chi connectivity index (χ3v) is 4.82. The summed E-state index contributed by atoms with van der Waals surface area (Å²) in [5.41, 5.74) is 1.30. The molecule has 11 heteroatoms. The molecular formula is C17H19N7O3S. The maximum Gasteiger partial charge on any atom is 0.266 e. The predicted molar refractivity (Wildman–Crippen MR) is 103 cm³/mol. The number of nitrogens with one attached hydrogen (secondary N) is 1. The molecule has 2 heterocycles. The molecule has 3 rings (SSSR count). The Morgan fingerprint density at radius 2 is 2.00 bits per heavy atom. The molecule has 1 aromatic carbocycles. The topological polar surface area (TPSA) is 117 Å². The highest BCUT2D eigenvalue weighted by Crippen LogP contribution is 2.19. The first kappa shape index (κ1) is 19.5. The summed E-state index contributed by atoms with van der Waals surface area (Å²) in [4.78, 5) is 24.0. The van der Waals surface area contributed by atoms with E-state index in [1.807, 2.05) is 24.3 Å². The molecule has 0 fully saturated rings. The van der Waals surface area contributed by atoms with Crippen molar-refractivity contribution in [3.63, 3.8) is 0 Å². The summed E-state index contributed by atoms with van der Waals surface area (Å²) in [6.45, 7) is 0.556. The molecule has 0 bridgehead atoms. The van der Waals surface area contributed by atoms with Crippen molar-refractivity contribution in [1.29, 1.82) is 0 Å². The average molecular weight is 401 g/mol. The molecule has 0 saturated carbocycles. The second-order valence-corrected chi connectivity index (χ2v) is 6.67. The van der Waals surface area contributed by atoms with Crippen LogP contribution in [0.15, 0.2) is 46.3 Å². The normalized spacial score (nSPS) is 10.6. The predicted octanol–water partition coefficient (Wildman–Crippen LogP) is 0.351. The summed E-state index contributed by atoms with van der Waals surface area (Å²) in [7, 11) is 3.30. The van der Waals surface area contributed by atoms with Crippen molar-refractivity contribution in [1.82, 2.24) is 35.3 Å². The number of methoxy groups -OCH3 is 1. The van der Waals surface area contributed by atoms with Gasteiger partial charge in [-0.2, -0.15) is 5.10 Å². The number of hydrogen-bond acceptors (Lipinski definition) is 8. The highest BCUT2D eigenvalue weighted by Gasteiger charge is 2.08. The number of nitrogens with zero attached hydrogens (tertiary/aromatic N) is 6. The minimum absolute atomic E-state index is 0.174. The molecule has 146 valence electrons. The van der Waals surface area contributed by atoms with Crippen LogP contribution in [0, 0.1) is 0 Å². The van der Waals surface area contributed by atoms with E-state index in [1.165, 1.54) is 27.2 Å². The van der Waals surface area contributed by atoms with Gasteiger partial charge in [0.15, 0.2) is 0 Å². The third kappa shape index (κ3) is 4.94. The van der Waals surface area contributed by atoms with Gasteiger partial charge in [-0.1, -0.05) is 11.8 Å². The van der Waals surface area contributed by atoms with E-state index in [1.54, 1.807) is 20.2 Å². The Morgan fingerprint density at radius 1 is 1.21 bits per heavy atom. The molecule has 0 aliphatic heterocycles. The van der Waals surface area contributed by atoms with Crippen LogP contribution in [0.5, 0.6) is 5.75 Å². The van der Waals surface area contributed by atoms with Gasteiger partial charge in [-0.25, -0.2) is 9.36 Å². The lowest BCUT2D eigenvalue weighted by Crippen LogP contribution is -2.32. The summed E-state index contributed by atoms with van der Waals surface area (Å²) in [6.07, 6.45) is 0. The van der Waals surface area contributed by atoms with Crippen molar-refractivity contribution in [2.45, 2.75) is 11.7 Å². The number of aromatic nitrogens is 6. The fourth-order valence-corrected chi connectivity index (χ4v) is 3.03. The van der Waals surface area contributed by atoms with Gasteiger partial charge in [0.2, 0.25) is 11.1 Å². The zero-order chi connectivity index (χ0) is 19.9. The van der Waals surface area contributed by atoms with Gasteiger partial charge in [0.25, 0.3) is 5.56 Å². The Balaban J connectivity index is 1.55. The summed E-state index contributed by atoms with van der Waals surface area (Å²) in [6, 6.07) is 10.5. The number of benzene rings is 1. The van der Waals surface area contributed by atoms with E-state index in [0.29, 0.717) is 10.9 Å². The van der Waals surface area contributed by atoms with E-state index in [2.05, 4.69) is 25.9 Å². The number of ether oxygens (including phenoxy) is 1. The maximum absolute atomic E-state index is 12.0. The van der Waals surface area contributed by atoms with E-state index < -0.39 is 0 Å². The maximum atomic E-state index is 12.0. The Hall–Kier alpha value is -3.21. The molecule has 28 heavy (non-hydrogen) atoms. The van der Waals surface area contributed by atoms with E-state index in [-0.39, 0.29) is 30.3 Å². The SMILES string of the molecule is COc1ccc(-c2ccc(=O)n(CCNC(=O)CSc3nnnn3C)n2)cc1. The molecule has 0 unspecified atom stereocenters. The number of amides is 1. The van der Waals surface area contributed by atoms with Crippen LogP contribution >= 0.6 is 11.8 Å². The van der Waals surface area contributed by atoms with Gasteiger partial charge >= 0.3 is 0 Å². The van der Waals surface area contributed by atoms with Crippen LogP contribution in [0.25, 0.3) is 11.3 Å². The fraction of sp³-hybridized carbons (Fsp3) is 0.294. The molecule has 10 nitrogen and oxygen atoms in total. The number of tetrazole rings is 1.